The van der Waals surface area contributed by atoms with Crippen LogP contribution in [0.2, 0.25) is 36.3 Å². The molecule has 3 atom stereocenters. The van der Waals surface area contributed by atoms with Gasteiger partial charge in [0.25, 0.3) is 0 Å². The second kappa shape index (κ2) is 42.8. The van der Waals surface area contributed by atoms with Crippen LogP contribution in [-0.2, 0) is 53.9 Å². The Bertz CT molecular complexity index is 2260. The molecule has 522 valence electrons. The van der Waals surface area contributed by atoms with Crippen molar-refractivity contribution in [1.82, 2.24) is 15.1 Å². The lowest BCUT2D eigenvalue weighted by Crippen LogP contribution is -2.47. The topological polar surface area (TPSA) is 166 Å². The lowest BCUT2D eigenvalue weighted by atomic mass is 10.1. The number of phosphoric ester groups is 1. The number of phosphoric acid groups is 1. The van der Waals surface area contributed by atoms with E-state index in [9.17, 15) is 36.8 Å². The molecule has 0 radical (unpaired) electrons. The van der Waals surface area contributed by atoms with Gasteiger partial charge in [-0.15, -0.1) is 0 Å². The van der Waals surface area contributed by atoms with E-state index in [-0.39, 0.29) is 117 Å². The van der Waals surface area contributed by atoms with Gasteiger partial charge in [-0.1, -0.05) is 93.5 Å². The molecule has 14 nitrogen and oxygen atoms in total. The smallest absolute Gasteiger partial charge is 0.415 e. The minimum atomic E-state index is -3.85. The SMILES string of the molecule is CC(C)(C)O.CC(C)(C)OP.CC(C)NC(C)C.CN(C(=O)CCc1cccc(F)c1F)[C@@H](CCCO)CO[Si](C)(C)C(C)(C)C.CN(C(=O)CCc1cccc(F)c1F)[C@@H](CCCOP(=O)(OC(C)(C)C)OC(C)(C)C)CO[Si](C)(C)C(C)(C)C.S.S. The number of carbonyl (C=O) groups is 2. The van der Waals surface area contributed by atoms with E-state index >= 15 is 0 Å². The first-order valence-corrected chi connectivity index (χ1v) is 38.1. The number of halogens is 4. The van der Waals surface area contributed by atoms with E-state index in [1.54, 1.807) is 86.2 Å². The fourth-order valence-corrected chi connectivity index (χ4v) is 10.7. The van der Waals surface area contributed by atoms with Crippen molar-refractivity contribution in [2.75, 3.05) is 40.5 Å². The number of aliphatic hydroxyl groups excluding tert-OH is 1. The van der Waals surface area contributed by atoms with Crippen LogP contribution in [0.4, 0.5) is 17.6 Å². The molecule has 0 bridgehead atoms. The summed E-state index contributed by atoms with van der Waals surface area (Å²) in [5.74, 6) is -4.00. The number of benzene rings is 2. The van der Waals surface area contributed by atoms with Crippen molar-refractivity contribution in [3.8, 4) is 0 Å². The number of aryl methyl sites for hydroxylation is 2. The summed E-state index contributed by atoms with van der Waals surface area (Å²) in [5, 5.41) is 21.1. The molecule has 3 N–H and O–H groups in total. The summed E-state index contributed by atoms with van der Waals surface area (Å²) < 4.78 is 103. The van der Waals surface area contributed by atoms with Crippen LogP contribution in [0.1, 0.15) is 202 Å². The third-order valence-electron chi connectivity index (χ3n) is 13.5. The Kier molecular flexibility index (Phi) is 46.3. The van der Waals surface area contributed by atoms with E-state index in [4.69, 9.17) is 32.1 Å². The van der Waals surface area contributed by atoms with Gasteiger partial charge in [-0.05, 0) is 181 Å². The minimum absolute atomic E-state index is 0. The third-order valence-corrected chi connectivity index (χ3v) is 25.2. The standard InChI is InChI=1S/C29H52F2NO6PSi.C21H35F2NO3Si.C6H15N.C4H11OP.C4H10O.2H2S/c1-27(2,3)37-39(34,38-28(4,5)6)35-20-14-16-23(21-36-40(11,12)29(7,8)9)32(10)25(33)19-18-22-15-13-17-24(30)26(22)31;1-21(2,3)28(5,6)27-15-17(10-8-14-25)24(4)19(26)13-12-16-9-7-11-18(22)20(16)23;1-5(2)7-6(3)4;1-4(2,3)5-6;1-4(2,3)5;;/h13,15,17,23H,14,16,18-21H2,1-12H3;7,9,11,17,25H,8,10,12-15H2,1-6H3;5-7H,1-4H3;6H2,1-3H3;5H,1-3H3;2*1H2/t23-;17-;;;;;/m00...../s1. The van der Waals surface area contributed by atoms with Crippen molar-refractivity contribution in [2.45, 2.75) is 287 Å². The van der Waals surface area contributed by atoms with Gasteiger partial charge >= 0.3 is 7.82 Å². The summed E-state index contributed by atoms with van der Waals surface area (Å²) in [7, 11) is -2.30. The number of nitrogens with zero attached hydrogens (tertiary/aromatic N) is 2. The van der Waals surface area contributed by atoms with E-state index in [0.29, 0.717) is 51.0 Å². The predicted octanol–water partition coefficient (Wildman–Crippen LogP) is 16.8. The van der Waals surface area contributed by atoms with Gasteiger partial charge in [0.2, 0.25) is 11.8 Å². The largest absolute Gasteiger partial charge is 0.475 e. The molecular formula is C64H127F4N3O11P2S2Si2. The number of likely N-dealkylation sites (N-methyl/N-ethyl adjacent to an activating group) is 2. The molecule has 24 heteroatoms. The monoisotopic (exact) mass is 1370 g/mol. The molecule has 1 unspecified atom stereocenters. The summed E-state index contributed by atoms with van der Waals surface area (Å²) in [6.07, 6.45) is 2.52. The molecular weight excluding hydrogens is 1240 g/mol. The van der Waals surface area contributed by atoms with E-state index in [0.717, 1.165) is 12.1 Å². The number of amides is 2. The number of rotatable bonds is 26. The van der Waals surface area contributed by atoms with E-state index in [1.165, 1.54) is 24.3 Å². The predicted molar refractivity (Wildman–Crippen MR) is 376 cm³/mol. The number of aliphatic hydroxyl groups is 2. The second-order valence-electron chi connectivity index (χ2n) is 29.5. The Morgan fingerprint density at radius 1 is 0.602 bits per heavy atom. The van der Waals surface area contributed by atoms with Crippen molar-refractivity contribution >= 4 is 72.7 Å². The van der Waals surface area contributed by atoms with Crippen molar-refractivity contribution < 1.29 is 68.9 Å². The molecule has 0 spiro atoms. The first-order chi connectivity index (χ1) is 38.6. The van der Waals surface area contributed by atoms with Gasteiger partial charge in [0, 0.05) is 55.1 Å². The minimum Gasteiger partial charge on any atom is -0.415 e. The normalized spacial score (nSPS) is 13.2. The maximum absolute atomic E-state index is 14.1. The first-order valence-electron chi connectivity index (χ1n) is 30.3. The maximum atomic E-state index is 14.1. The van der Waals surface area contributed by atoms with Crippen molar-refractivity contribution in [3.63, 3.8) is 0 Å². The zero-order chi connectivity index (χ0) is 68.3. The molecule has 2 amide bonds. The fourth-order valence-electron chi connectivity index (χ4n) is 6.78. The summed E-state index contributed by atoms with van der Waals surface area (Å²) in [6.45, 7) is 52.9. The van der Waals surface area contributed by atoms with Crippen molar-refractivity contribution in [3.05, 3.63) is 70.8 Å². The molecule has 0 heterocycles. The molecule has 0 aromatic heterocycles. The van der Waals surface area contributed by atoms with Crippen LogP contribution in [0, 0.1) is 23.3 Å². The molecule has 0 aliphatic heterocycles. The number of carbonyl (C=O) groups excluding carboxylic acids is 2. The maximum Gasteiger partial charge on any atom is 0.475 e. The summed E-state index contributed by atoms with van der Waals surface area (Å²) in [4.78, 5) is 29.0. The van der Waals surface area contributed by atoms with Crippen LogP contribution in [0.15, 0.2) is 36.4 Å². The molecule has 88 heavy (non-hydrogen) atoms. The summed E-state index contributed by atoms with van der Waals surface area (Å²) in [5.41, 5.74) is -1.61. The number of hydrogen-bond acceptors (Lipinski definition) is 12. The lowest BCUT2D eigenvalue weighted by Gasteiger charge is -2.39. The molecule has 2 rings (SSSR count). The molecule has 0 fully saturated rings. The third kappa shape index (κ3) is 45.8. The van der Waals surface area contributed by atoms with E-state index in [1.807, 2.05) is 20.8 Å². The molecule has 0 aliphatic rings. The summed E-state index contributed by atoms with van der Waals surface area (Å²) >= 11 is 0. The lowest BCUT2D eigenvalue weighted by molar-refractivity contribution is -0.133. The Morgan fingerprint density at radius 3 is 1.16 bits per heavy atom. The van der Waals surface area contributed by atoms with Gasteiger partial charge in [0.1, 0.15) is 0 Å². The molecule has 0 saturated heterocycles. The van der Waals surface area contributed by atoms with Gasteiger partial charge in [0.15, 0.2) is 39.9 Å². The van der Waals surface area contributed by atoms with Crippen LogP contribution in [0.3, 0.4) is 0 Å². The molecule has 0 saturated carbocycles. The van der Waals surface area contributed by atoms with Gasteiger partial charge in [-0.3, -0.25) is 23.2 Å². The van der Waals surface area contributed by atoms with Gasteiger partial charge in [-0.25, -0.2) is 22.1 Å². The quantitative estimate of drug-likeness (QED) is 0.0354. The van der Waals surface area contributed by atoms with Crippen molar-refractivity contribution in [1.29, 1.82) is 0 Å². The first kappa shape index (κ1) is 95.2. The zero-order valence-corrected chi connectivity index (χ0v) is 65.8. The molecule has 0 aliphatic carbocycles. The number of nitrogens with one attached hydrogen (secondary N) is 1. The highest BCUT2D eigenvalue weighted by Crippen LogP contribution is 2.55. The van der Waals surface area contributed by atoms with Gasteiger partial charge in [0.05, 0.1) is 54.3 Å². The summed E-state index contributed by atoms with van der Waals surface area (Å²) in [6, 6.07) is 8.77. The Balaban J connectivity index is -0.000000410. The van der Waals surface area contributed by atoms with Crippen LogP contribution >= 0.6 is 44.3 Å². The highest BCUT2D eigenvalue weighted by molar-refractivity contribution is 7.59. The average Bonchev–Trinajstić information content (AvgIpc) is 3.45. The van der Waals surface area contributed by atoms with E-state index < -0.39 is 64.5 Å². The van der Waals surface area contributed by atoms with Crippen LogP contribution < -0.4 is 5.32 Å². The Morgan fingerprint density at radius 2 is 0.909 bits per heavy atom. The van der Waals surface area contributed by atoms with E-state index in [2.05, 4.69) is 110 Å². The highest BCUT2D eigenvalue weighted by Gasteiger charge is 2.40. The van der Waals surface area contributed by atoms with Crippen LogP contribution in [0.5, 0.6) is 0 Å². The molecule has 2 aromatic rings. The van der Waals surface area contributed by atoms with Crippen molar-refractivity contribution in [2.24, 2.45) is 0 Å². The Labute approximate surface area is 551 Å². The van der Waals surface area contributed by atoms with Crippen LogP contribution in [-0.4, -0.2) is 136 Å². The molecule has 2 aromatic carbocycles. The zero-order valence-electron chi connectivity index (χ0n) is 59.8. The second-order valence-corrected chi connectivity index (χ2v) is 40.8. The average molecular weight is 1370 g/mol. The highest BCUT2D eigenvalue weighted by atomic mass is 32.1. The fraction of sp³-hybridized carbons (Fsp3) is 0.781. The van der Waals surface area contributed by atoms with Gasteiger partial charge < -0.3 is 38.7 Å². The Hall–Kier alpha value is -1.47. The van der Waals surface area contributed by atoms with Gasteiger partial charge in [-0.2, -0.15) is 27.0 Å². The number of hydrogen-bond donors (Lipinski definition) is 3. The van der Waals surface area contributed by atoms with Crippen LogP contribution in [0.25, 0.3) is 0 Å².